The summed E-state index contributed by atoms with van der Waals surface area (Å²) < 4.78 is 1.99. The van der Waals surface area contributed by atoms with Crippen molar-refractivity contribution in [1.29, 1.82) is 0 Å². The van der Waals surface area contributed by atoms with Gasteiger partial charge >= 0.3 is 0 Å². The number of hydrogen-bond acceptors (Lipinski definition) is 2. The molecule has 0 amide bonds. The molecule has 3 aromatic rings. The molecule has 0 aliphatic carbocycles. The van der Waals surface area contributed by atoms with Crippen LogP contribution < -0.4 is 0 Å². The summed E-state index contributed by atoms with van der Waals surface area (Å²) >= 11 is 0. The maximum absolute atomic E-state index is 4.20. The van der Waals surface area contributed by atoms with Gasteiger partial charge in [-0.15, -0.1) is 10.2 Å². The highest BCUT2D eigenvalue weighted by Crippen LogP contribution is 2.20. The molecule has 88 valence electrons. The molecular weight excluding hydrogens is 222 g/mol. The zero-order valence-corrected chi connectivity index (χ0v) is 10.1. The van der Waals surface area contributed by atoms with Gasteiger partial charge in [0.1, 0.15) is 6.33 Å². The molecule has 1 aromatic heterocycles. The van der Waals surface area contributed by atoms with Gasteiger partial charge in [0.2, 0.25) is 0 Å². The standard InChI is InChI=1S/C15H13N3/c1-12-7-9-14(10-8-12)18-11-16-17-15(18)13-5-3-2-4-6-13/h2-11H,1H3. The van der Waals surface area contributed by atoms with Crippen LogP contribution in [0.25, 0.3) is 17.1 Å². The van der Waals surface area contributed by atoms with Gasteiger partial charge in [-0.2, -0.15) is 0 Å². The van der Waals surface area contributed by atoms with E-state index in [0.717, 1.165) is 17.1 Å². The summed E-state index contributed by atoms with van der Waals surface area (Å²) in [6.07, 6.45) is 1.74. The highest BCUT2D eigenvalue weighted by atomic mass is 15.3. The molecular formula is C15H13N3. The summed E-state index contributed by atoms with van der Waals surface area (Å²) in [6.45, 7) is 2.08. The monoisotopic (exact) mass is 235 g/mol. The maximum Gasteiger partial charge on any atom is 0.168 e. The second-order valence-corrected chi connectivity index (χ2v) is 4.23. The van der Waals surface area contributed by atoms with Crippen molar-refractivity contribution in [2.75, 3.05) is 0 Å². The van der Waals surface area contributed by atoms with Gasteiger partial charge in [0.05, 0.1) is 0 Å². The Balaban J connectivity index is 2.10. The number of hydrogen-bond donors (Lipinski definition) is 0. The first-order valence-electron chi connectivity index (χ1n) is 5.87. The topological polar surface area (TPSA) is 30.7 Å². The van der Waals surface area contributed by atoms with Gasteiger partial charge in [-0.1, -0.05) is 48.0 Å². The number of benzene rings is 2. The van der Waals surface area contributed by atoms with E-state index in [1.807, 2.05) is 34.9 Å². The number of rotatable bonds is 2. The van der Waals surface area contributed by atoms with Crippen LogP contribution in [0, 0.1) is 6.92 Å². The van der Waals surface area contributed by atoms with Crippen LogP contribution in [0.2, 0.25) is 0 Å². The van der Waals surface area contributed by atoms with Crippen molar-refractivity contribution in [3.63, 3.8) is 0 Å². The van der Waals surface area contributed by atoms with Crippen molar-refractivity contribution < 1.29 is 0 Å². The van der Waals surface area contributed by atoms with E-state index in [9.17, 15) is 0 Å². The van der Waals surface area contributed by atoms with Crippen LogP contribution in [0.15, 0.2) is 60.9 Å². The lowest BCUT2D eigenvalue weighted by Gasteiger charge is -2.06. The van der Waals surface area contributed by atoms with Crippen molar-refractivity contribution in [2.24, 2.45) is 0 Å². The summed E-state index contributed by atoms with van der Waals surface area (Å²) in [4.78, 5) is 0. The van der Waals surface area contributed by atoms with Crippen molar-refractivity contribution in [3.8, 4) is 17.1 Å². The summed E-state index contributed by atoms with van der Waals surface area (Å²) in [5.74, 6) is 0.861. The molecule has 0 saturated heterocycles. The minimum atomic E-state index is 0.861. The van der Waals surface area contributed by atoms with Crippen molar-refractivity contribution >= 4 is 0 Å². The zero-order chi connectivity index (χ0) is 12.4. The van der Waals surface area contributed by atoms with E-state index in [0.29, 0.717) is 0 Å². The fourth-order valence-electron chi connectivity index (χ4n) is 1.91. The number of nitrogens with zero attached hydrogens (tertiary/aromatic N) is 3. The van der Waals surface area contributed by atoms with E-state index in [1.54, 1.807) is 6.33 Å². The summed E-state index contributed by atoms with van der Waals surface area (Å²) in [7, 11) is 0. The lowest BCUT2D eigenvalue weighted by atomic mass is 10.2. The SMILES string of the molecule is Cc1ccc(-n2cnnc2-c2ccccc2)cc1. The third kappa shape index (κ3) is 1.91. The van der Waals surface area contributed by atoms with Crippen LogP contribution in [-0.2, 0) is 0 Å². The van der Waals surface area contributed by atoms with E-state index < -0.39 is 0 Å². The lowest BCUT2D eigenvalue weighted by molar-refractivity contribution is 1.06. The Bertz CT molecular complexity index is 639. The minimum Gasteiger partial charge on any atom is -0.282 e. The van der Waals surface area contributed by atoms with Crippen LogP contribution in [0.4, 0.5) is 0 Å². The first-order valence-corrected chi connectivity index (χ1v) is 5.87. The molecule has 0 saturated carbocycles. The van der Waals surface area contributed by atoms with Crippen LogP contribution in [0.5, 0.6) is 0 Å². The smallest absolute Gasteiger partial charge is 0.168 e. The molecule has 2 aromatic carbocycles. The first kappa shape index (κ1) is 10.7. The Kier molecular flexibility index (Phi) is 2.65. The molecule has 0 radical (unpaired) electrons. The molecule has 3 heteroatoms. The third-order valence-corrected chi connectivity index (χ3v) is 2.89. The highest BCUT2D eigenvalue weighted by molar-refractivity contribution is 5.57. The largest absolute Gasteiger partial charge is 0.282 e. The fourth-order valence-corrected chi connectivity index (χ4v) is 1.91. The van der Waals surface area contributed by atoms with Crippen molar-refractivity contribution in [3.05, 3.63) is 66.5 Å². The lowest BCUT2D eigenvalue weighted by Crippen LogP contribution is -1.95. The van der Waals surface area contributed by atoms with Gasteiger partial charge in [0, 0.05) is 11.3 Å². The third-order valence-electron chi connectivity index (χ3n) is 2.89. The summed E-state index contributed by atoms with van der Waals surface area (Å²) in [5.41, 5.74) is 3.38. The second-order valence-electron chi connectivity index (χ2n) is 4.23. The van der Waals surface area contributed by atoms with Gasteiger partial charge < -0.3 is 0 Å². The highest BCUT2D eigenvalue weighted by Gasteiger charge is 2.07. The molecule has 0 unspecified atom stereocenters. The Morgan fingerprint density at radius 3 is 2.33 bits per heavy atom. The van der Waals surface area contributed by atoms with E-state index in [2.05, 4.69) is 41.4 Å². The van der Waals surface area contributed by atoms with Crippen molar-refractivity contribution in [2.45, 2.75) is 6.92 Å². The molecule has 1 heterocycles. The molecule has 0 aliphatic heterocycles. The van der Waals surface area contributed by atoms with Crippen molar-refractivity contribution in [1.82, 2.24) is 14.8 Å². The molecule has 0 N–H and O–H groups in total. The molecule has 0 spiro atoms. The maximum atomic E-state index is 4.20. The minimum absolute atomic E-state index is 0.861. The zero-order valence-electron chi connectivity index (χ0n) is 10.1. The van der Waals surface area contributed by atoms with Gasteiger partial charge in [-0.05, 0) is 19.1 Å². The molecule has 3 rings (SSSR count). The fraction of sp³-hybridized carbons (Fsp3) is 0.0667. The van der Waals surface area contributed by atoms with Crippen LogP contribution >= 0.6 is 0 Å². The Morgan fingerprint density at radius 2 is 1.61 bits per heavy atom. The van der Waals surface area contributed by atoms with E-state index in [-0.39, 0.29) is 0 Å². The average molecular weight is 235 g/mol. The molecule has 0 aliphatic rings. The quantitative estimate of drug-likeness (QED) is 0.682. The van der Waals surface area contributed by atoms with Crippen LogP contribution in [0.3, 0.4) is 0 Å². The second kappa shape index (κ2) is 4.45. The van der Waals surface area contributed by atoms with Gasteiger partial charge in [-0.3, -0.25) is 4.57 Å². The molecule has 3 nitrogen and oxygen atoms in total. The molecule has 0 fully saturated rings. The normalized spacial score (nSPS) is 10.5. The Hall–Kier alpha value is -2.42. The predicted molar refractivity (Wildman–Crippen MR) is 71.5 cm³/mol. The summed E-state index contributed by atoms with van der Waals surface area (Å²) in [5, 5.41) is 8.21. The molecule has 0 atom stereocenters. The molecule has 0 bridgehead atoms. The first-order chi connectivity index (χ1) is 8.84. The van der Waals surface area contributed by atoms with Gasteiger partial charge in [0.15, 0.2) is 5.82 Å². The van der Waals surface area contributed by atoms with E-state index in [1.165, 1.54) is 5.56 Å². The van der Waals surface area contributed by atoms with E-state index in [4.69, 9.17) is 0 Å². The van der Waals surface area contributed by atoms with Gasteiger partial charge in [-0.25, -0.2) is 0 Å². The Labute approximate surface area is 106 Å². The summed E-state index contributed by atoms with van der Waals surface area (Å²) in [6, 6.07) is 18.4. The van der Waals surface area contributed by atoms with Crippen LogP contribution in [-0.4, -0.2) is 14.8 Å². The average Bonchev–Trinajstić information content (AvgIpc) is 2.90. The number of aryl methyl sites for hydroxylation is 1. The predicted octanol–water partition coefficient (Wildman–Crippen LogP) is 3.24. The Morgan fingerprint density at radius 1 is 0.889 bits per heavy atom. The van der Waals surface area contributed by atoms with Gasteiger partial charge in [0.25, 0.3) is 0 Å². The number of aromatic nitrogens is 3. The van der Waals surface area contributed by atoms with E-state index >= 15 is 0 Å². The molecule has 18 heavy (non-hydrogen) atoms. The van der Waals surface area contributed by atoms with Crippen LogP contribution in [0.1, 0.15) is 5.56 Å².